The molecule has 0 fully saturated rings. The Hall–Kier alpha value is -1.80. The monoisotopic (exact) mass is 301 g/mol. The number of halogens is 1. The number of hydrogen-bond donors (Lipinski definition) is 1. The number of amides is 1. The summed E-state index contributed by atoms with van der Waals surface area (Å²) in [6.07, 6.45) is 4.38. The molecule has 0 aliphatic heterocycles. The predicted molar refractivity (Wildman–Crippen MR) is 87.8 cm³/mol. The first-order valence-corrected chi connectivity index (χ1v) is 7.71. The van der Waals surface area contributed by atoms with Crippen LogP contribution in [0.4, 0.5) is 0 Å². The van der Waals surface area contributed by atoms with Gasteiger partial charge in [-0.05, 0) is 49.1 Å². The van der Waals surface area contributed by atoms with Gasteiger partial charge in [0.25, 0.3) is 5.91 Å². The third-order valence-corrected chi connectivity index (χ3v) is 3.63. The van der Waals surface area contributed by atoms with Gasteiger partial charge in [-0.2, -0.15) is 0 Å². The second-order valence-electron chi connectivity index (χ2n) is 5.06. The molecule has 3 heteroatoms. The van der Waals surface area contributed by atoms with Crippen molar-refractivity contribution in [1.29, 1.82) is 0 Å². The van der Waals surface area contributed by atoms with Crippen molar-refractivity contribution in [1.82, 2.24) is 5.32 Å². The molecule has 0 aromatic heterocycles. The van der Waals surface area contributed by atoms with Gasteiger partial charge in [0, 0.05) is 17.1 Å². The average Bonchev–Trinajstić information content (AvgIpc) is 2.52. The molecule has 0 saturated carbocycles. The van der Waals surface area contributed by atoms with E-state index in [1.807, 2.05) is 6.07 Å². The van der Waals surface area contributed by atoms with Crippen LogP contribution in [0.1, 0.15) is 35.2 Å². The Morgan fingerprint density at radius 2 is 1.62 bits per heavy atom. The Labute approximate surface area is 131 Å². The molecule has 1 N–H and O–H groups in total. The lowest BCUT2D eigenvalue weighted by atomic mass is 10.1. The number of unbranched alkanes of at least 4 members (excludes halogenated alkanes) is 2. The van der Waals surface area contributed by atoms with Crippen LogP contribution >= 0.6 is 11.6 Å². The van der Waals surface area contributed by atoms with Gasteiger partial charge in [0.2, 0.25) is 0 Å². The standard InChI is InChI=1S/C18H20ClNO/c19-17-12-10-16(11-13-17)18(21)20-14-6-2-5-9-15-7-3-1-4-8-15/h1,3-4,7-8,10-13H,2,5-6,9,14H2,(H,20,21). The van der Waals surface area contributed by atoms with Crippen molar-refractivity contribution < 1.29 is 4.79 Å². The first-order valence-electron chi connectivity index (χ1n) is 7.33. The lowest BCUT2D eigenvalue weighted by molar-refractivity contribution is 0.0953. The number of carbonyl (C=O) groups is 1. The molecular weight excluding hydrogens is 282 g/mol. The molecule has 0 heterocycles. The molecule has 0 saturated heterocycles. The van der Waals surface area contributed by atoms with E-state index >= 15 is 0 Å². The first kappa shape index (κ1) is 15.6. The van der Waals surface area contributed by atoms with E-state index in [1.165, 1.54) is 5.56 Å². The molecule has 2 aromatic rings. The minimum absolute atomic E-state index is 0.0327. The Kier molecular flexibility index (Phi) is 6.29. The number of hydrogen-bond acceptors (Lipinski definition) is 1. The highest BCUT2D eigenvalue weighted by Crippen LogP contribution is 2.09. The van der Waals surface area contributed by atoms with E-state index in [2.05, 4.69) is 29.6 Å². The fourth-order valence-electron chi connectivity index (χ4n) is 2.18. The number of aryl methyl sites for hydroxylation is 1. The van der Waals surface area contributed by atoms with E-state index in [0.717, 1.165) is 32.2 Å². The van der Waals surface area contributed by atoms with E-state index in [0.29, 0.717) is 10.6 Å². The third kappa shape index (κ3) is 5.60. The molecule has 110 valence electrons. The minimum atomic E-state index is -0.0327. The Bertz CT molecular complexity index is 551. The molecule has 0 unspecified atom stereocenters. The van der Waals surface area contributed by atoms with Crippen molar-refractivity contribution in [2.45, 2.75) is 25.7 Å². The molecule has 2 aromatic carbocycles. The molecule has 2 rings (SSSR count). The van der Waals surface area contributed by atoms with Gasteiger partial charge in [-0.1, -0.05) is 48.4 Å². The van der Waals surface area contributed by atoms with E-state index in [1.54, 1.807) is 24.3 Å². The largest absolute Gasteiger partial charge is 0.352 e. The van der Waals surface area contributed by atoms with E-state index < -0.39 is 0 Å². The van der Waals surface area contributed by atoms with Crippen molar-refractivity contribution >= 4 is 17.5 Å². The summed E-state index contributed by atoms with van der Waals surface area (Å²) >= 11 is 5.80. The molecule has 0 aliphatic rings. The fraction of sp³-hybridized carbons (Fsp3) is 0.278. The number of nitrogens with one attached hydrogen (secondary N) is 1. The van der Waals surface area contributed by atoms with Gasteiger partial charge in [0.1, 0.15) is 0 Å². The summed E-state index contributed by atoms with van der Waals surface area (Å²) in [6.45, 7) is 0.719. The van der Waals surface area contributed by atoms with Crippen LogP contribution in [0.5, 0.6) is 0 Å². The molecule has 0 radical (unpaired) electrons. The predicted octanol–water partition coefficient (Wildman–Crippen LogP) is 4.48. The van der Waals surface area contributed by atoms with E-state index in [4.69, 9.17) is 11.6 Å². The van der Waals surface area contributed by atoms with E-state index in [-0.39, 0.29) is 5.91 Å². The van der Waals surface area contributed by atoms with Crippen LogP contribution in [0.15, 0.2) is 54.6 Å². The van der Waals surface area contributed by atoms with Crippen molar-refractivity contribution in [3.63, 3.8) is 0 Å². The zero-order chi connectivity index (χ0) is 14.9. The van der Waals surface area contributed by atoms with Gasteiger partial charge in [0.15, 0.2) is 0 Å². The second kappa shape index (κ2) is 8.48. The highest BCUT2D eigenvalue weighted by molar-refractivity contribution is 6.30. The quantitative estimate of drug-likeness (QED) is 0.750. The highest BCUT2D eigenvalue weighted by Gasteiger charge is 2.03. The van der Waals surface area contributed by atoms with Gasteiger partial charge in [-0.25, -0.2) is 0 Å². The zero-order valence-electron chi connectivity index (χ0n) is 12.0. The lowest BCUT2D eigenvalue weighted by Crippen LogP contribution is -2.24. The van der Waals surface area contributed by atoms with Gasteiger partial charge >= 0.3 is 0 Å². The van der Waals surface area contributed by atoms with Gasteiger partial charge in [-0.15, -0.1) is 0 Å². The number of rotatable bonds is 7. The zero-order valence-corrected chi connectivity index (χ0v) is 12.8. The normalized spacial score (nSPS) is 10.3. The van der Waals surface area contributed by atoms with Crippen molar-refractivity contribution in [3.8, 4) is 0 Å². The van der Waals surface area contributed by atoms with Crippen molar-refractivity contribution in [2.75, 3.05) is 6.54 Å². The topological polar surface area (TPSA) is 29.1 Å². The van der Waals surface area contributed by atoms with Crippen LogP contribution in [0.25, 0.3) is 0 Å². The summed E-state index contributed by atoms with van der Waals surface area (Å²) in [4.78, 5) is 11.9. The minimum Gasteiger partial charge on any atom is -0.352 e. The van der Waals surface area contributed by atoms with Crippen molar-refractivity contribution in [2.24, 2.45) is 0 Å². The molecule has 0 atom stereocenters. The van der Waals surface area contributed by atoms with Crippen LogP contribution in [-0.2, 0) is 6.42 Å². The Balaban J connectivity index is 1.59. The lowest BCUT2D eigenvalue weighted by Gasteiger charge is -2.05. The molecule has 0 spiro atoms. The van der Waals surface area contributed by atoms with Crippen LogP contribution < -0.4 is 5.32 Å². The van der Waals surface area contributed by atoms with Crippen LogP contribution in [-0.4, -0.2) is 12.5 Å². The number of carbonyl (C=O) groups excluding carboxylic acids is 1. The molecule has 0 aliphatic carbocycles. The van der Waals surface area contributed by atoms with Gasteiger partial charge < -0.3 is 5.32 Å². The molecule has 0 bridgehead atoms. The SMILES string of the molecule is O=C(NCCCCCc1ccccc1)c1ccc(Cl)cc1. The summed E-state index contributed by atoms with van der Waals surface area (Å²) in [5, 5.41) is 3.58. The molecule has 2 nitrogen and oxygen atoms in total. The van der Waals surface area contributed by atoms with Gasteiger partial charge in [0.05, 0.1) is 0 Å². The maximum Gasteiger partial charge on any atom is 0.251 e. The molecular formula is C18H20ClNO. The number of benzene rings is 2. The summed E-state index contributed by atoms with van der Waals surface area (Å²) in [6, 6.07) is 17.4. The van der Waals surface area contributed by atoms with Gasteiger partial charge in [-0.3, -0.25) is 4.79 Å². The van der Waals surface area contributed by atoms with E-state index in [9.17, 15) is 4.79 Å². The Morgan fingerprint density at radius 3 is 2.33 bits per heavy atom. The smallest absolute Gasteiger partial charge is 0.251 e. The van der Waals surface area contributed by atoms with Crippen LogP contribution in [0, 0.1) is 0 Å². The second-order valence-corrected chi connectivity index (χ2v) is 5.50. The summed E-state index contributed by atoms with van der Waals surface area (Å²) in [7, 11) is 0. The summed E-state index contributed by atoms with van der Waals surface area (Å²) in [5.74, 6) is -0.0327. The van der Waals surface area contributed by atoms with Crippen LogP contribution in [0.3, 0.4) is 0 Å². The first-order chi connectivity index (χ1) is 10.3. The average molecular weight is 302 g/mol. The molecule has 21 heavy (non-hydrogen) atoms. The fourth-order valence-corrected chi connectivity index (χ4v) is 2.31. The van der Waals surface area contributed by atoms with Crippen LogP contribution in [0.2, 0.25) is 5.02 Å². The molecule has 1 amide bonds. The third-order valence-electron chi connectivity index (χ3n) is 3.38. The maximum atomic E-state index is 11.9. The Morgan fingerprint density at radius 1 is 0.905 bits per heavy atom. The van der Waals surface area contributed by atoms with Crippen molar-refractivity contribution in [3.05, 3.63) is 70.7 Å². The highest BCUT2D eigenvalue weighted by atomic mass is 35.5. The maximum absolute atomic E-state index is 11.9. The summed E-state index contributed by atoms with van der Waals surface area (Å²) < 4.78 is 0. The summed E-state index contributed by atoms with van der Waals surface area (Å²) in [5.41, 5.74) is 2.03.